The van der Waals surface area contributed by atoms with Gasteiger partial charge in [0.05, 0.1) is 10.6 Å². The number of hydrogen-bond donors (Lipinski definition) is 1. The Kier molecular flexibility index (Phi) is 5.30. The van der Waals surface area contributed by atoms with Crippen LogP contribution in [0.3, 0.4) is 0 Å². The fourth-order valence-corrected chi connectivity index (χ4v) is 2.67. The Bertz CT molecular complexity index is 1100. The third kappa shape index (κ3) is 4.29. The summed E-state index contributed by atoms with van der Waals surface area (Å²) in [6.07, 6.45) is 0. The Hall–Kier alpha value is -3.81. The Morgan fingerprint density at radius 2 is 1.82 bits per heavy atom. The van der Waals surface area contributed by atoms with Crippen LogP contribution in [0.25, 0.3) is 11.3 Å². The van der Waals surface area contributed by atoms with Gasteiger partial charge in [0, 0.05) is 29.4 Å². The molecule has 3 aromatic rings. The third-order valence-electron chi connectivity index (χ3n) is 4.20. The third-order valence-corrected chi connectivity index (χ3v) is 4.20. The molecule has 0 aliphatic rings. The zero-order chi connectivity index (χ0) is 20.3. The summed E-state index contributed by atoms with van der Waals surface area (Å²) in [6, 6.07) is 14.4. The second kappa shape index (κ2) is 7.83. The van der Waals surface area contributed by atoms with Gasteiger partial charge in [0.15, 0.2) is 0 Å². The Morgan fingerprint density at radius 1 is 1.11 bits per heavy atom. The van der Waals surface area contributed by atoms with Crippen molar-refractivity contribution in [2.75, 3.05) is 5.32 Å². The fourth-order valence-electron chi connectivity index (χ4n) is 2.67. The summed E-state index contributed by atoms with van der Waals surface area (Å²) in [5.41, 5.74) is 3.20. The normalized spacial score (nSPS) is 10.5. The van der Waals surface area contributed by atoms with Crippen LogP contribution in [0.5, 0.6) is 0 Å². The fraction of sp³-hybridized carbons (Fsp3) is 0.150. The van der Waals surface area contributed by atoms with E-state index in [1.165, 1.54) is 24.3 Å². The minimum absolute atomic E-state index is 0.0371. The Balaban J connectivity index is 1.81. The van der Waals surface area contributed by atoms with Gasteiger partial charge in [-0.05, 0) is 49.2 Å². The number of aromatic nitrogens is 2. The SMILES string of the molecule is Cc1ccc(C)c(NC(=O)Cn2nc(-c3ccc([N+](=O)[O-])cc3)ccc2=O)c1. The van der Waals surface area contributed by atoms with Gasteiger partial charge in [-0.2, -0.15) is 5.10 Å². The maximum Gasteiger partial charge on any atom is 0.269 e. The van der Waals surface area contributed by atoms with Crippen molar-refractivity contribution in [2.45, 2.75) is 20.4 Å². The Labute approximate surface area is 160 Å². The minimum Gasteiger partial charge on any atom is -0.324 e. The monoisotopic (exact) mass is 378 g/mol. The Morgan fingerprint density at radius 3 is 2.50 bits per heavy atom. The van der Waals surface area contributed by atoms with Crippen LogP contribution in [0.1, 0.15) is 11.1 Å². The number of nitro benzene ring substituents is 1. The highest BCUT2D eigenvalue weighted by molar-refractivity contribution is 5.91. The summed E-state index contributed by atoms with van der Waals surface area (Å²) in [5, 5.41) is 17.8. The van der Waals surface area contributed by atoms with Crippen molar-refractivity contribution in [1.29, 1.82) is 0 Å². The van der Waals surface area contributed by atoms with Crippen LogP contribution < -0.4 is 10.9 Å². The first kappa shape index (κ1) is 19.0. The quantitative estimate of drug-likeness (QED) is 0.542. The summed E-state index contributed by atoms with van der Waals surface area (Å²) < 4.78 is 1.07. The molecule has 28 heavy (non-hydrogen) atoms. The van der Waals surface area contributed by atoms with Crippen molar-refractivity contribution in [3.8, 4) is 11.3 Å². The first-order chi connectivity index (χ1) is 13.3. The van der Waals surface area contributed by atoms with Crippen LogP contribution >= 0.6 is 0 Å². The first-order valence-corrected chi connectivity index (χ1v) is 8.53. The average Bonchev–Trinajstić information content (AvgIpc) is 2.66. The molecule has 0 unspecified atom stereocenters. The van der Waals surface area contributed by atoms with Gasteiger partial charge in [-0.25, -0.2) is 4.68 Å². The number of aryl methyl sites for hydroxylation is 2. The minimum atomic E-state index is -0.490. The van der Waals surface area contributed by atoms with Crippen molar-refractivity contribution >= 4 is 17.3 Å². The summed E-state index contributed by atoms with van der Waals surface area (Å²) >= 11 is 0. The van der Waals surface area contributed by atoms with E-state index in [9.17, 15) is 19.7 Å². The highest BCUT2D eigenvalue weighted by Crippen LogP contribution is 2.20. The molecule has 1 N–H and O–H groups in total. The van der Waals surface area contributed by atoms with Gasteiger partial charge in [-0.3, -0.25) is 19.7 Å². The van der Waals surface area contributed by atoms with E-state index in [1.807, 2.05) is 32.0 Å². The molecule has 0 fully saturated rings. The lowest BCUT2D eigenvalue weighted by Gasteiger charge is -2.11. The van der Waals surface area contributed by atoms with Gasteiger partial charge >= 0.3 is 0 Å². The van der Waals surface area contributed by atoms with Crippen molar-refractivity contribution < 1.29 is 9.72 Å². The predicted molar refractivity (Wildman–Crippen MR) is 105 cm³/mol. The van der Waals surface area contributed by atoms with E-state index >= 15 is 0 Å². The van der Waals surface area contributed by atoms with Crippen LogP contribution in [0, 0.1) is 24.0 Å². The molecule has 1 amide bonds. The standard InChI is InChI=1S/C20H18N4O4/c1-13-3-4-14(2)18(11-13)21-19(25)12-23-20(26)10-9-17(22-23)15-5-7-16(8-6-15)24(27)28/h3-11H,12H2,1-2H3,(H,21,25). The number of carbonyl (C=O) groups is 1. The molecule has 1 aromatic heterocycles. The van der Waals surface area contributed by atoms with Crippen LogP contribution in [-0.2, 0) is 11.3 Å². The number of amides is 1. The number of non-ortho nitro benzene ring substituents is 1. The van der Waals surface area contributed by atoms with Gasteiger partial charge in [0.2, 0.25) is 5.91 Å². The second-order valence-electron chi connectivity index (χ2n) is 6.38. The van der Waals surface area contributed by atoms with Crippen LogP contribution in [-0.4, -0.2) is 20.6 Å². The van der Waals surface area contributed by atoms with Crippen LogP contribution in [0.4, 0.5) is 11.4 Å². The summed E-state index contributed by atoms with van der Waals surface area (Å²) in [7, 11) is 0. The lowest BCUT2D eigenvalue weighted by molar-refractivity contribution is -0.384. The maximum atomic E-state index is 12.4. The maximum absolute atomic E-state index is 12.4. The van der Waals surface area contributed by atoms with Gasteiger partial charge in [-0.1, -0.05) is 12.1 Å². The van der Waals surface area contributed by atoms with Gasteiger partial charge in [-0.15, -0.1) is 0 Å². The smallest absolute Gasteiger partial charge is 0.269 e. The van der Waals surface area contributed by atoms with E-state index < -0.39 is 10.5 Å². The number of rotatable bonds is 5. The summed E-state index contributed by atoms with van der Waals surface area (Å²) in [4.78, 5) is 34.7. The number of carbonyl (C=O) groups excluding carboxylic acids is 1. The van der Waals surface area contributed by atoms with Crippen molar-refractivity contribution in [1.82, 2.24) is 9.78 Å². The molecule has 8 heteroatoms. The predicted octanol–water partition coefficient (Wildman–Crippen LogP) is 3.07. The molecule has 0 spiro atoms. The molecule has 0 saturated heterocycles. The average molecular weight is 378 g/mol. The number of nitrogens with one attached hydrogen (secondary N) is 1. The molecule has 0 saturated carbocycles. The van der Waals surface area contributed by atoms with Gasteiger partial charge < -0.3 is 5.32 Å². The van der Waals surface area contributed by atoms with Crippen molar-refractivity contribution in [2.24, 2.45) is 0 Å². The van der Waals surface area contributed by atoms with Crippen molar-refractivity contribution in [3.05, 3.63) is 86.2 Å². The number of nitrogens with zero attached hydrogens (tertiary/aromatic N) is 3. The zero-order valence-corrected chi connectivity index (χ0v) is 15.4. The zero-order valence-electron chi connectivity index (χ0n) is 15.4. The summed E-state index contributed by atoms with van der Waals surface area (Å²) in [5.74, 6) is -0.371. The number of nitro groups is 1. The summed E-state index contributed by atoms with van der Waals surface area (Å²) in [6.45, 7) is 3.57. The van der Waals surface area contributed by atoms with Gasteiger partial charge in [0.25, 0.3) is 11.2 Å². The molecule has 0 atom stereocenters. The number of anilines is 1. The lowest BCUT2D eigenvalue weighted by atomic mass is 10.1. The topological polar surface area (TPSA) is 107 Å². The molecule has 8 nitrogen and oxygen atoms in total. The van der Waals surface area contributed by atoms with E-state index in [-0.39, 0.29) is 18.1 Å². The molecular formula is C20H18N4O4. The number of hydrogen-bond acceptors (Lipinski definition) is 5. The molecule has 0 aliphatic heterocycles. The largest absolute Gasteiger partial charge is 0.324 e. The molecule has 0 aliphatic carbocycles. The van der Waals surface area contributed by atoms with Crippen molar-refractivity contribution in [3.63, 3.8) is 0 Å². The van der Waals surface area contributed by atoms with E-state index in [0.29, 0.717) is 16.9 Å². The van der Waals surface area contributed by atoms with E-state index in [4.69, 9.17) is 0 Å². The highest BCUT2D eigenvalue weighted by atomic mass is 16.6. The second-order valence-corrected chi connectivity index (χ2v) is 6.38. The van der Waals surface area contributed by atoms with Crippen LogP contribution in [0.15, 0.2) is 59.4 Å². The van der Waals surface area contributed by atoms with E-state index in [0.717, 1.165) is 15.8 Å². The highest BCUT2D eigenvalue weighted by Gasteiger charge is 2.11. The lowest BCUT2D eigenvalue weighted by Crippen LogP contribution is -2.29. The molecule has 1 heterocycles. The van der Waals surface area contributed by atoms with Crippen LogP contribution in [0.2, 0.25) is 0 Å². The molecule has 3 rings (SSSR count). The molecule has 0 bridgehead atoms. The number of benzene rings is 2. The first-order valence-electron chi connectivity index (χ1n) is 8.53. The molecule has 0 radical (unpaired) electrons. The molecular weight excluding hydrogens is 360 g/mol. The molecule has 142 valence electrons. The van der Waals surface area contributed by atoms with E-state index in [2.05, 4.69) is 10.4 Å². The molecule has 2 aromatic carbocycles. The van der Waals surface area contributed by atoms with E-state index in [1.54, 1.807) is 12.1 Å². The van der Waals surface area contributed by atoms with Gasteiger partial charge in [0.1, 0.15) is 6.54 Å².